The minimum Gasteiger partial charge on any atom is -0.296 e. The molecule has 0 fully saturated rings. The van der Waals surface area contributed by atoms with Crippen LogP contribution in [0.4, 0.5) is 0 Å². The summed E-state index contributed by atoms with van der Waals surface area (Å²) >= 11 is 0. The summed E-state index contributed by atoms with van der Waals surface area (Å²) in [6.45, 7) is 0. The quantitative estimate of drug-likeness (QED) is 0.178. The van der Waals surface area contributed by atoms with Crippen LogP contribution in [0.3, 0.4) is 0 Å². The van der Waals surface area contributed by atoms with Crippen LogP contribution in [0.15, 0.2) is 146 Å². The van der Waals surface area contributed by atoms with Crippen LogP contribution in [0.1, 0.15) is 60.5 Å². The molecule has 0 spiro atoms. The second-order valence-electron chi connectivity index (χ2n) is 13.5. The lowest BCUT2D eigenvalue weighted by Crippen LogP contribution is -2.14. The second kappa shape index (κ2) is 12.3. The van der Waals surface area contributed by atoms with E-state index in [9.17, 15) is 0 Å². The lowest BCUT2D eigenvalue weighted by Gasteiger charge is -2.24. The van der Waals surface area contributed by atoms with E-state index in [4.69, 9.17) is 15.0 Å². The van der Waals surface area contributed by atoms with Gasteiger partial charge in [0.1, 0.15) is 17.5 Å². The predicted molar refractivity (Wildman–Crippen MR) is 208 cm³/mol. The molecule has 4 aromatic carbocycles. The molecule has 0 radical (unpaired) electrons. The van der Waals surface area contributed by atoms with Crippen LogP contribution in [0.5, 0.6) is 0 Å². The molecule has 6 heteroatoms. The topological polar surface area (TPSA) is 53.5 Å². The van der Waals surface area contributed by atoms with Gasteiger partial charge in [-0.25, -0.2) is 15.0 Å². The zero-order valence-corrected chi connectivity index (χ0v) is 28.2. The molecule has 246 valence electrons. The minimum absolute atomic E-state index is 0.0507. The highest BCUT2D eigenvalue weighted by Gasteiger charge is 2.30. The van der Waals surface area contributed by atoms with Crippen LogP contribution in [-0.2, 0) is 6.42 Å². The Kier molecular flexibility index (Phi) is 7.12. The van der Waals surface area contributed by atoms with E-state index >= 15 is 0 Å². The molecule has 6 nitrogen and oxygen atoms in total. The van der Waals surface area contributed by atoms with Crippen molar-refractivity contribution in [2.45, 2.75) is 38.0 Å². The van der Waals surface area contributed by atoms with Crippen molar-refractivity contribution in [1.29, 1.82) is 0 Å². The average Bonchev–Trinajstić information content (AvgIpc) is 3.91. The van der Waals surface area contributed by atoms with Gasteiger partial charge in [-0.05, 0) is 104 Å². The summed E-state index contributed by atoms with van der Waals surface area (Å²) in [6, 6.07) is 38.2. The fourth-order valence-electron chi connectivity index (χ4n) is 7.99. The summed E-state index contributed by atoms with van der Waals surface area (Å²) in [4.78, 5) is 16.1. The van der Waals surface area contributed by atoms with Gasteiger partial charge in [0.2, 0.25) is 0 Å². The first-order chi connectivity index (χ1) is 25.3. The molecule has 7 aromatic rings. The number of allylic oxidation sites excluding steroid dienone is 9. The Morgan fingerprint density at radius 1 is 0.569 bits per heavy atom. The van der Waals surface area contributed by atoms with Gasteiger partial charge in [0, 0.05) is 28.6 Å². The summed E-state index contributed by atoms with van der Waals surface area (Å²) < 4.78 is 7.06. The number of benzene rings is 4. The Labute approximate surface area is 296 Å². The molecule has 10 rings (SSSR count). The van der Waals surface area contributed by atoms with Crippen LogP contribution in [0.2, 0.25) is 0 Å². The van der Waals surface area contributed by atoms with Crippen molar-refractivity contribution >= 4 is 45.0 Å². The maximum absolute atomic E-state index is 5.37. The number of fused-ring (bicyclic) bond motifs is 3. The number of nitrogens with zero attached hydrogens (tertiary/aromatic N) is 6. The molecule has 0 N–H and O–H groups in total. The third-order valence-electron chi connectivity index (χ3n) is 10.3. The maximum Gasteiger partial charge on any atom is 0.145 e. The van der Waals surface area contributed by atoms with Gasteiger partial charge in [-0.15, -0.1) is 0 Å². The average molecular weight is 661 g/mol. The number of imidazole rings is 3. The summed E-state index contributed by atoms with van der Waals surface area (Å²) in [6.07, 6.45) is 20.8. The SMILES string of the molecule is C1=CC(n2c(C3=CC(c4nc5c(n4-c4ccccc4)CCC=C5)=CC(c4nc5ccccc5n4-c4ccccc4)C3)nc3ccccc32)=CCC1. The predicted octanol–water partition coefficient (Wildman–Crippen LogP) is 10.4. The Bertz CT molecular complexity index is 2610. The van der Waals surface area contributed by atoms with Gasteiger partial charge in [0.15, 0.2) is 0 Å². The van der Waals surface area contributed by atoms with Crippen LogP contribution in [0, 0.1) is 0 Å². The monoisotopic (exact) mass is 660 g/mol. The Morgan fingerprint density at radius 2 is 1.24 bits per heavy atom. The van der Waals surface area contributed by atoms with Gasteiger partial charge in [-0.1, -0.05) is 85.0 Å². The first-order valence-electron chi connectivity index (χ1n) is 17.9. The van der Waals surface area contributed by atoms with E-state index in [1.54, 1.807) is 0 Å². The highest BCUT2D eigenvalue weighted by molar-refractivity contribution is 5.91. The second-order valence-corrected chi connectivity index (χ2v) is 13.5. The molecule has 1 atom stereocenters. The molecular weight excluding hydrogens is 625 g/mol. The highest BCUT2D eigenvalue weighted by atomic mass is 15.1. The van der Waals surface area contributed by atoms with Gasteiger partial charge in [-0.3, -0.25) is 13.7 Å². The highest BCUT2D eigenvalue weighted by Crippen LogP contribution is 2.42. The molecule has 3 heterocycles. The van der Waals surface area contributed by atoms with Crippen molar-refractivity contribution in [3.05, 3.63) is 175 Å². The van der Waals surface area contributed by atoms with Crippen LogP contribution in [0.25, 0.3) is 56.4 Å². The van der Waals surface area contributed by atoms with E-state index in [0.717, 1.165) is 99.9 Å². The van der Waals surface area contributed by atoms with Crippen molar-refractivity contribution in [3.63, 3.8) is 0 Å². The fraction of sp³-hybridized carbons (Fsp3) is 0.133. The van der Waals surface area contributed by atoms with Crippen LogP contribution in [-0.4, -0.2) is 28.7 Å². The lowest BCUT2D eigenvalue weighted by atomic mass is 9.88. The first kappa shape index (κ1) is 29.6. The van der Waals surface area contributed by atoms with Crippen molar-refractivity contribution in [1.82, 2.24) is 28.7 Å². The molecule has 0 saturated heterocycles. The van der Waals surface area contributed by atoms with Crippen molar-refractivity contribution in [2.75, 3.05) is 0 Å². The minimum atomic E-state index is -0.0507. The van der Waals surface area contributed by atoms with Gasteiger partial charge in [-0.2, -0.15) is 0 Å². The summed E-state index contributed by atoms with van der Waals surface area (Å²) in [5.74, 6) is 2.87. The Morgan fingerprint density at radius 3 is 1.98 bits per heavy atom. The van der Waals surface area contributed by atoms with E-state index in [1.807, 2.05) is 0 Å². The van der Waals surface area contributed by atoms with Crippen LogP contribution >= 0.6 is 0 Å². The third-order valence-corrected chi connectivity index (χ3v) is 10.3. The summed E-state index contributed by atoms with van der Waals surface area (Å²) in [5.41, 5.74) is 12.1. The number of hydrogen-bond acceptors (Lipinski definition) is 3. The molecular formula is C45H36N6. The summed E-state index contributed by atoms with van der Waals surface area (Å²) in [5, 5.41) is 0. The molecule has 51 heavy (non-hydrogen) atoms. The molecule has 0 amide bonds. The number of rotatable bonds is 6. The zero-order valence-electron chi connectivity index (χ0n) is 28.2. The smallest absolute Gasteiger partial charge is 0.145 e. The molecule has 1 unspecified atom stereocenters. The molecule has 0 saturated carbocycles. The molecule has 0 aliphatic heterocycles. The third kappa shape index (κ3) is 5.06. The van der Waals surface area contributed by atoms with Crippen LogP contribution < -0.4 is 0 Å². The normalized spacial score (nSPS) is 17.0. The van der Waals surface area contributed by atoms with Gasteiger partial charge < -0.3 is 0 Å². The van der Waals surface area contributed by atoms with Gasteiger partial charge >= 0.3 is 0 Å². The fourth-order valence-corrected chi connectivity index (χ4v) is 7.99. The first-order valence-corrected chi connectivity index (χ1v) is 17.9. The van der Waals surface area contributed by atoms with Crippen molar-refractivity contribution in [3.8, 4) is 11.4 Å². The van der Waals surface area contributed by atoms with Gasteiger partial charge in [0.05, 0.1) is 33.5 Å². The molecule has 3 aliphatic carbocycles. The Hall–Kier alpha value is -6.27. The largest absolute Gasteiger partial charge is 0.296 e. The molecule has 3 aromatic heterocycles. The number of hydrogen-bond donors (Lipinski definition) is 0. The standard InChI is InChI=1S/C45H36N6/c1-4-16-34(17-5-1)49-40-25-13-10-22-37(40)46-43(49)31-28-32(44-47-38-23-11-14-26-41(38)50(44)35-18-6-2-7-19-35)30-33(29-31)45-48-39-24-12-15-27-42(39)51(45)36-20-8-3-9-21-36/h1-2,4-8,10-13,15-25,27-28,30-31H,3,9,14,26,29H2. The Balaban J connectivity index is 1.24. The van der Waals surface area contributed by atoms with Gasteiger partial charge in [0.25, 0.3) is 0 Å². The number of para-hydroxylation sites is 6. The van der Waals surface area contributed by atoms with E-state index in [2.05, 4.69) is 165 Å². The number of aromatic nitrogens is 6. The summed E-state index contributed by atoms with van der Waals surface area (Å²) in [7, 11) is 0. The van der Waals surface area contributed by atoms with E-state index < -0.39 is 0 Å². The zero-order chi connectivity index (χ0) is 33.7. The van der Waals surface area contributed by atoms with E-state index in [0.29, 0.717) is 0 Å². The van der Waals surface area contributed by atoms with E-state index in [1.165, 1.54) is 11.4 Å². The molecule has 0 bridgehead atoms. The molecule has 3 aliphatic rings. The van der Waals surface area contributed by atoms with Crippen molar-refractivity contribution in [2.24, 2.45) is 0 Å². The maximum atomic E-state index is 5.37. The lowest BCUT2D eigenvalue weighted by molar-refractivity contribution is 0.762. The van der Waals surface area contributed by atoms with E-state index in [-0.39, 0.29) is 5.92 Å². The van der Waals surface area contributed by atoms with Crippen molar-refractivity contribution < 1.29 is 0 Å².